The number of benzene rings is 4. The van der Waals surface area contributed by atoms with Crippen molar-refractivity contribution in [3.8, 4) is 40.0 Å². The van der Waals surface area contributed by atoms with Gasteiger partial charge in [0.2, 0.25) is 0 Å². The number of ether oxygens (including phenoxy) is 1. The van der Waals surface area contributed by atoms with E-state index in [-0.39, 0.29) is 5.82 Å². The van der Waals surface area contributed by atoms with Crippen molar-refractivity contribution in [1.82, 2.24) is 14.8 Å². The highest BCUT2D eigenvalue weighted by Gasteiger charge is 2.20. The van der Waals surface area contributed by atoms with Gasteiger partial charge in [-0.25, -0.2) is 14.5 Å². The first kappa shape index (κ1) is 20.9. The molecule has 0 radical (unpaired) electrons. The molecule has 0 aliphatic carbocycles. The van der Waals surface area contributed by atoms with E-state index in [2.05, 4.69) is 16.2 Å². The third-order valence-electron chi connectivity index (χ3n) is 5.23. The zero-order chi connectivity index (χ0) is 23.3. The fourth-order valence-corrected chi connectivity index (χ4v) is 3.53. The molecule has 0 saturated carbocycles. The van der Waals surface area contributed by atoms with Crippen LogP contribution in [0.15, 0.2) is 109 Å². The maximum atomic E-state index is 12.9. The van der Waals surface area contributed by atoms with Gasteiger partial charge in [0.1, 0.15) is 5.75 Å². The quantitative estimate of drug-likeness (QED) is 0.258. The summed E-state index contributed by atoms with van der Waals surface area (Å²) in [5, 5.41) is 13.4. The Hall–Kier alpha value is -5.02. The predicted octanol–water partition coefficient (Wildman–Crippen LogP) is 5.69. The van der Waals surface area contributed by atoms with Gasteiger partial charge in [-0.2, -0.15) is 5.26 Å². The lowest BCUT2D eigenvalue weighted by Crippen LogP contribution is -2.11. The van der Waals surface area contributed by atoms with Gasteiger partial charge in [-0.1, -0.05) is 72.8 Å². The van der Waals surface area contributed by atoms with Crippen LogP contribution in [0.1, 0.15) is 16.2 Å². The molecule has 4 aromatic carbocycles. The maximum Gasteiger partial charge on any atom is 0.383 e. The molecule has 0 aliphatic heterocycles. The highest BCUT2D eigenvalue weighted by atomic mass is 16.5. The first-order valence-corrected chi connectivity index (χ1v) is 10.6. The molecule has 0 fully saturated rings. The Balaban J connectivity index is 1.40. The Morgan fingerprint density at radius 1 is 0.735 bits per heavy atom. The summed E-state index contributed by atoms with van der Waals surface area (Å²) in [7, 11) is 0. The minimum absolute atomic E-state index is 0.0288. The average molecular weight is 442 g/mol. The van der Waals surface area contributed by atoms with E-state index in [1.165, 1.54) is 0 Å². The van der Waals surface area contributed by atoms with Crippen LogP contribution in [0, 0.1) is 11.3 Å². The van der Waals surface area contributed by atoms with Crippen molar-refractivity contribution in [1.29, 1.82) is 5.26 Å². The summed E-state index contributed by atoms with van der Waals surface area (Å²) < 4.78 is 7.19. The fraction of sp³-hybridized carbons (Fsp3) is 0. The molecule has 1 aromatic heterocycles. The normalized spacial score (nSPS) is 10.4. The van der Waals surface area contributed by atoms with E-state index in [1.807, 2.05) is 84.9 Å². The Morgan fingerprint density at radius 2 is 1.32 bits per heavy atom. The Bertz CT molecular complexity index is 1410. The molecule has 6 nitrogen and oxygen atoms in total. The fourth-order valence-electron chi connectivity index (χ4n) is 3.53. The minimum atomic E-state index is -0.641. The summed E-state index contributed by atoms with van der Waals surface area (Å²) in [5.41, 5.74) is 4.14. The molecule has 34 heavy (non-hydrogen) atoms. The molecular weight excluding hydrogens is 424 g/mol. The van der Waals surface area contributed by atoms with Crippen molar-refractivity contribution in [3.63, 3.8) is 0 Å². The Kier molecular flexibility index (Phi) is 5.66. The van der Waals surface area contributed by atoms with E-state index in [9.17, 15) is 4.79 Å². The topological polar surface area (TPSA) is 80.8 Å². The van der Waals surface area contributed by atoms with Crippen molar-refractivity contribution < 1.29 is 9.53 Å². The molecule has 0 atom stereocenters. The third-order valence-corrected chi connectivity index (χ3v) is 5.23. The predicted molar refractivity (Wildman–Crippen MR) is 128 cm³/mol. The van der Waals surface area contributed by atoms with Gasteiger partial charge in [0.05, 0.1) is 17.3 Å². The van der Waals surface area contributed by atoms with Gasteiger partial charge < -0.3 is 4.74 Å². The number of carbonyl (C=O) groups excluding carboxylic acids is 1. The molecular formula is C28H18N4O2. The van der Waals surface area contributed by atoms with E-state index < -0.39 is 5.97 Å². The van der Waals surface area contributed by atoms with Crippen molar-refractivity contribution in [2.75, 3.05) is 0 Å². The van der Waals surface area contributed by atoms with Crippen molar-refractivity contribution in [2.24, 2.45) is 0 Å². The summed E-state index contributed by atoms with van der Waals surface area (Å²) in [6, 6.07) is 35.6. The van der Waals surface area contributed by atoms with Crippen molar-refractivity contribution in [3.05, 3.63) is 121 Å². The van der Waals surface area contributed by atoms with Crippen LogP contribution in [0.4, 0.5) is 0 Å². The summed E-state index contributed by atoms with van der Waals surface area (Å²) in [6.45, 7) is 0. The lowest BCUT2D eigenvalue weighted by Gasteiger charge is -2.05. The van der Waals surface area contributed by atoms with Gasteiger partial charge in [-0.3, -0.25) is 0 Å². The number of rotatable bonds is 5. The van der Waals surface area contributed by atoms with E-state index in [1.54, 1.807) is 28.9 Å². The zero-order valence-corrected chi connectivity index (χ0v) is 18.0. The van der Waals surface area contributed by atoms with Crippen LogP contribution in [0.25, 0.3) is 28.2 Å². The molecule has 5 rings (SSSR count). The van der Waals surface area contributed by atoms with Gasteiger partial charge in [0.15, 0.2) is 5.82 Å². The SMILES string of the molecule is N#Cc1ccc(-c2ccc(OC(=O)c3nc(-c4ccccc4)n(-c4ccccc4)n3)cc2)cc1. The summed E-state index contributed by atoms with van der Waals surface area (Å²) in [6.07, 6.45) is 0. The molecule has 162 valence electrons. The molecule has 0 bridgehead atoms. The Morgan fingerprint density at radius 3 is 1.94 bits per heavy atom. The van der Waals surface area contributed by atoms with Crippen molar-refractivity contribution >= 4 is 5.97 Å². The molecule has 5 aromatic rings. The van der Waals surface area contributed by atoms with E-state index >= 15 is 0 Å². The number of hydrogen-bond acceptors (Lipinski definition) is 5. The second-order valence-electron chi connectivity index (χ2n) is 7.48. The summed E-state index contributed by atoms with van der Waals surface area (Å²) in [4.78, 5) is 17.4. The smallest absolute Gasteiger partial charge is 0.383 e. The number of nitrogens with zero attached hydrogens (tertiary/aromatic N) is 4. The molecule has 0 saturated heterocycles. The van der Waals surface area contributed by atoms with Crippen LogP contribution in [0.3, 0.4) is 0 Å². The van der Waals surface area contributed by atoms with Crippen LogP contribution in [0.2, 0.25) is 0 Å². The van der Waals surface area contributed by atoms with Crippen LogP contribution in [-0.2, 0) is 0 Å². The molecule has 0 aliphatic rings. The molecule has 0 amide bonds. The van der Waals surface area contributed by atoms with Crippen LogP contribution < -0.4 is 4.74 Å². The number of carbonyl (C=O) groups is 1. The second-order valence-corrected chi connectivity index (χ2v) is 7.48. The summed E-state index contributed by atoms with van der Waals surface area (Å²) in [5.74, 6) is 0.270. The average Bonchev–Trinajstić information content (AvgIpc) is 3.36. The lowest BCUT2D eigenvalue weighted by atomic mass is 10.0. The lowest BCUT2D eigenvalue weighted by molar-refractivity contribution is 0.0722. The second kappa shape index (κ2) is 9.23. The minimum Gasteiger partial charge on any atom is -0.421 e. The molecule has 0 spiro atoms. The standard InChI is InChI=1S/C28H18N4O2/c29-19-20-11-13-21(14-12-20)22-15-17-25(18-16-22)34-28(33)26-30-27(23-7-3-1-4-8-23)32(31-26)24-9-5-2-6-10-24/h1-18H. The van der Waals surface area contributed by atoms with Crippen molar-refractivity contribution in [2.45, 2.75) is 0 Å². The maximum absolute atomic E-state index is 12.9. The largest absolute Gasteiger partial charge is 0.421 e. The molecule has 6 heteroatoms. The Labute approximate surface area is 196 Å². The van der Waals surface area contributed by atoms with Crippen LogP contribution in [-0.4, -0.2) is 20.7 Å². The van der Waals surface area contributed by atoms with E-state index in [4.69, 9.17) is 10.00 Å². The van der Waals surface area contributed by atoms with Gasteiger partial charge in [0.25, 0.3) is 5.82 Å². The van der Waals surface area contributed by atoms with E-state index in [0.717, 1.165) is 22.4 Å². The van der Waals surface area contributed by atoms with E-state index in [0.29, 0.717) is 17.1 Å². The number of para-hydroxylation sites is 1. The molecule has 0 N–H and O–H groups in total. The van der Waals surface area contributed by atoms with Gasteiger partial charge >= 0.3 is 5.97 Å². The van der Waals surface area contributed by atoms with Gasteiger partial charge in [0, 0.05) is 5.56 Å². The van der Waals surface area contributed by atoms with Gasteiger partial charge in [-0.15, -0.1) is 5.10 Å². The highest BCUT2D eigenvalue weighted by Crippen LogP contribution is 2.24. The number of nitriles is 1. The first-order chi connectivity index (χ1) is 16.7. The van der Waals surface area contributed by atoms with Crippen LogP contribution >= 0.6 is 0 Å². The monoisotopic (exact) mass is 442 g/mol. The molecule has 0 unspecified atom stereocenters. The zero-order valence-electron chi connectivity index (χ0n) is 18.0. The highest BCUT2D eigenvalue weighted by molar-refractivity contribution is 5.88. The number of hydrogen-bond donors (Lipinski definition) is 0. The van der Waals surface area contributed by atoms with Gasteiger partial charge in [-0.05, 0) is 47.5 Å². The molecule has 1 heterocycles. The summed E-state index contributed by atoms with van der Waals surface area (Å²) >= 11 is 0. The number of esters is 1. The third kappa shape index (κ3) is 4.31. The first-order valence-electron chi connectivity index (χ1n) is 10.6. The van der Waals surface area contributed by atoms with Crippen LogP contribution in [0.5, 0.6) is 5.75 Å². The number of aromatic nitrogens is 3.